The van der Waals surface area contributed by atoms with Gasteiger partial charge in [0, 0.05) is 0 Å². The molecule has 42 valence electrons. The van der Waals surface area contributed by atoms with Crippen LogP contribution in [0.5, 0.6) is 0 Å². The van der Waals surface area contributed by atoms with E-state index in [1.54, 1.807) is 0 Å². The van der Waals surface area contributed by atoms with E-state index in [-0.39, 0.29) is 40.0 Å². The maximum atomic E-state index is 3.85. The van der Waals surface area contributed by atoms with E-state index in [4.69, 9.17) is 0 Å². The van der Waals surface area contributed by atoms with Crippen molar-refractivity contribution < 1.29 is 17.0 Å². The predicted molar refractivity (Wildman–Crippen MR) is 33.0 cm³/mol. The summed E-state index contributed by atoms with van der Waals surface area (Å²) in [5.74, 6) is 0.616. The second-order valence-corrected chi connectivity index (χ2v) is 1.77. The topological polar surface area (TPSA) is 0 Å². The zero-order chi connectivity index (χ0) is 4.41. The Hall–Kier alpha value is 0.986. The molecule has 0 amide bonds. The van der Waals surface area contributed by atoms with E-state index < -0.39 is 0 Å². The van der Waals surface area contributed by atoms with E-state index >= 15 is 0 Å². The summed E-state index contributed by atoms with van der Waals surface area (Å²) in [4.78, 5) is 0. The fourth-order valence-corrected chi connectivity index (χ4v) is 0.695. The molecule has 0 aromatic carbocycles. The molecule has 0 heterocycles. The second kappa shape index (κ2) is 6.11. The van der Waals surface area contributed by atoms with Gasteiger partial charge in [0.2, 0.25) is 0 Å². The third-order valence-electron chi connectivity index (χ3n) is 1.11. The third kappa shape index (κ3) is 3.93. The molecular weight excluding hydrogens is 176 g/mol. The van der Waals surface area contributed by atoms with E-state index in [2.05, 4.69) is 19.1 Å². The van der Waals surface area contributed by atoms with Gasteiger partial charge in [-0.3, -0.25) is 0 Å². The number of hydrogen-bond donors (Lipinski definition) is 0. The van der Waals surface area contributed by atoms with Crippen molar-refractivity contribution in [3.63, 3.8) is 0 Å². The SMILES string of the molecule is [Br-].[CH2-]C1C=CCC1.[Mg+2]. The van der Waals surface area contributed by atoms with Crippen LogP contribution in [0.25, 0.3) is 0 Å². The summed E-state index contributed by atoms with van der Waals surface area (Å²) in [5.41, 5.74) is 0. The van der Waals surface area contributed by atoms with Crippen molar-refractivity contribution >= 4 is 23.1 Å². The van der Waals surface area contributed by atoms with E-state index in [0.717, 1.165) is 0 Å². The van der Waals surface area contributed by atoms with Crippen molar-refractivity contribution in [2.24, 2.45) is 5.92 Å². The molecule has 1 atom stereocenters. The molecule has 0 spiro atoms. The number of hydrogen-bond acceptors (Lipinski definition) is 0. The largest absolute Gasteiger partial charge is 2.00 e. The molecule has 1 aliphatic carbocycles. The van der Waals surface area contributed by atoms with Crippen molar-refractivity contribution in [1.82, 2.24) is 0 Å². The fraction of sp³-hybridized carbons (Fsp3) is 0.500. The van der Waals surface area contributed by atoms with Crippen LogP contribution in [0.3, 0.4) is 0 Å². The summed E-state index contributed by atoms with van der Waals surface area (Å²) < 4.78 is 0. The Balaban J connectivity index is 0. The molecule has 0 aromatic rings. The molecule has 1 rings (SSSR count). The summed E-state index contributed by atoms with van der Waals surface area (Å²) in [7, 11) is 0. The van der Waals surface area contributed by atoms with Crippen molar-refractivity contribution in [3.05, 3.63) is 19.1 Å². The summed E-state index contributed by atoms with van der Waals surface area (Å²) in [6.45, 7) is 3.85. The van der Waals surface area contributed by atoms with Crippen LogP contribution in [-0.4, -0.2) is 23.1 Å². The molecule has 1 unspecified atom stereocenters. The zero-order valence-electron chi connectivity index (χ0n) is 4.94. The van der Waals surface area contributed by atoms with E-state index in [9.17, 15) is 0 Å². The van der Waals surface area contributed by atoms with Crippen LogP contribution in [-0.2, 0) is 0 Å². The van der Waals surface area contributed by atoms with Crippen molar-refractivity contribution in [2.45, 2.75) is 12.8 Å². The average molecular weight is 185 g/mol. The predicted octanol–water partition coefficient (Wildman–Crippen LogP) is -1.59. The number of halogens is 1. The second-order valence-electron chi connectivity index (χ2n) is 1.77. The first-order valence-corrected chi connectivity index (χ1v) is 2.39. The Morgan fingerprint density at radius 3 is 2.25 bits per heavy atom. The van der Waals surface area contributed by atoms with Gasteiger partial charge in [-0.2, -0.15) is 5.92 Å². The molecule has 8 heavy (non-hydrogen) atoms. The van der Waals surface area contributed by atoms with Gasteiger partial charge >= 0.3 is 23.1 Å². The molecule has 0 fully saturated rings. The zero-order valence-corrected chi connectivity index (χ0v) is 7.94. The molecule has 0 saturated carbocycles. The molecule has 0 nitrogen and oxygen atoms in total. The van der Waals surface area contributed by atoms with Crippen LogP contribution in [0.15, 0.2) is 12.2 Å². The van der Waals surface area contributed by atoms with Crippen LogP contribution >= 0.6 is 0 Å². The first kappa shape index (κ1) is 11.7. The minimum Gasteiger partial charge on any atom is -1.00 e. The van der Waals surface area contributed by atoms with Gasteiger partial charge in [-0.05, 0) is 6.42 Å². The number of allylic oxidation sites excluding steroid dienone is 2. The fourth-order valence-electron chi connectivity index (χ4n) is 0.695. The average Bonchev–Trinajstić information content (AvgIpc) is 1.86. The van der Waals surface area contributed by atoms with E-state index in [1.165, 1.54) is 12.8 Å². The molecule has 0 radical (unpaired) electrons. The maximum absolute atomic E-state index is 3.85. The smallest absolute Gasteiger partial charge is 1.00 e. The van der Waals surface area contributed by atoms with Crippen molar-refractivity contribution in [1.29, 1.82) is 0 Å². The minimum absolute atomic E-state index is 0. The molecule has 0 aromatic heterocycles. The Morgan fingerprint density at radius 1 is 1.50 bits per heavy atom. The first-order chi connectivity index (χ1) is 2.89. The van der Waals surface area contributed by atoms with Crippen LogP contribution < -0.4 is 17.0 Å². The normalized spacial score (nSPS) is 23.9. The summed E-state index contributed by atoms with van der Waals surface area (Å²) >= 11 is 0. The van der Waals surface area contributed by atoms with Gasteiger partial charge in [-0.25, -0.2) is 0 Å². The Bertz CT molecular complexity index is 70.9. The molecule has 0 N–H and O–H groups in total. The maximum Gasteiger partial charge on any atom is 2.00 e. The third-order valence-corrected chi connectivity index (χ3v) is 1.11. The van der Waals surface area contributed by atoms with Crippen molar-refractivity contribution in [2.75, 3.05) is 0 Å². The van der Waals surface area contributed by atoms with E-state index in [1.807, 2.05) is 0 Å². The van der Waals surface area contributed by atoms with Crippen LogP contribution in [0, 0.1) is 12.8 Å². The Kier molecular flexibility index (Phi) is 8.97. The standard InChI is InChI=1S/C6H9.BrH.Mg/c1-6-4-2-3-5-6;;/h2,4,6H,1,3,5H2;1H;/q-1;;+2/p-1. The Morgan fingerprint density at radius 2 is 2.12 bits per heavy atom. The van der Waals surface area contributed by atoms with Gasteiger partial charge in [0.25, 0.3) is 0 Å². The van der Waals surface area contributed by atoms with E-state index in [0.29, 0.717) is 5.92 Å². The van der Waals surface area contributed by atoms with Gasteiger partial charge in [-0.15, -0.1) is 6.08 Å². The van der Waals surface area contributed by atoms with Gasteiger partial charge < -0.3 is 23.9 Å². The van der Waals surface area contributed by atoms with Gasteiger partial charge in [0.05, 0.1) is 0 Å². The van der Waals surface area contributed by atoms with Crippen LogP contribution in [0.2, 0.25) is 0 Å². The molecule has 2 heteroatoms. The first-order valence-electron chi connectivity index (χ1n) is 2.39. The molecule has 0 bridgehead atoms. The minimum atomic E-state index is 0. The monoisotopic (exact) mass is 184 g/mol. The van der Waals surface area contributed by atoms with Gasteiger partial charge in [0.15, 0.2) is 0 Å². The van der Waals surface area contributed by atoms with Gasteiger partial charge in [-0.1, -0.05) is 12.5 Å². The summed E-state index contributed by atoms with van der Waals surface area (Å²) in [6.07, 6.45) is 6.87. The Labute approximate surface area is 77.7 Å². The van der Waals surface area contributed by atoms with Crippen molar-refractivity contribution in [3.8, 4) is 0 Å². The molecular formula is C6H9BrMg. The molecule has 0 aliphatic heterocycles. The van der Waals surface area contributed by atoms with Gasteiger partial charge in [0.1, 0.15) is 0 Å². The quantitative estimate of drug-likeness (QED) is 0.242. The van der Waals surface area contributed by atoms with Crippen LogP contribution in [0.4, 0.5) is 0 Å². The number of rotatable bonds is 0. The molecule has 1 aliphatic rings. The molecule has 0 saturated heterocycles. The summed E-state index contributed by atoms with van der Waals surface area (Å²) in [5, 5.41) is 0. The van der Waals surface area contributed by atoms with Crippen LogP contribution in [0.1, 0.15) is 12.8 Å². The summed E-state index contributed by atoms with van der Waals surface area (Å²) in [6, 6.07) is 0.